The Kier molecular flexibility index (Phi) is 4.67. The Morgan fingerprint density at radius 1 is 1.17 bits per heavy atom. The molecule has 3 rings (SSSR count). The summed E-state index contributed by atoms with van der Waals surface area (Å²) in [6, 6.07) is 15.2. The standard InChI is InChI=1S/C20H26N2O/c1-14(18-11-10-17-6-4-5-7-19(17)12-18)21-20(23)13-22(3)15(2)16-8-9-16/h4-7,10-12,14-16H,8-9,13H2,1-3H3,(H,21,23). The number of carbonyl (C=O) groups excluding carboxylic acids is 1. The predicted molar refractivity (Wildman–Crippen MR) is 95.3 cm³/mol. The van der Waals surface area contributed by atoms with Gasteiger partial charge in [0.25, 0.3) is 0 Å². The maximum Gasteiger partial charge on any atom is 0.234 e. The lowest BCUT2D eigenvalue weighted by molar-refractivity contribution is -0.123. The van der Waals surface area contributed by atoms with Crippen LogP contribution in [-0.2, 0) is 4.79 Å². The highest BCUT2D eigenvalue weighted by atomic mass is 16.2. The van der Waals surface area contributed by atoms with Gasteiger partial charge in [-0.1, -0.05) is 36.4 Å². The zero-order valence-corrected chi connectivity index (χ0v) is 14.3. The van der Waals surface area contributed by atoms with Gasteiger partial charge in [0.15, 0.2) is 0 Å². The fourth-order valence-corrected chi connectivity index (χ4v) is 3.16. The third-order valence-corrected chi connectivity index (χ3v) is 5.04. The molecule has 0 aliphatic heterocycles. The molecule has 1 aliphatic carbocycles. The molecule has 0 spiro atoms. The fraction of sp³-hybridized carbons (Fsp3) is 0.450. The van der Waals surface area contributed by atoms with Crippen LogP contribution in [0.4, 0.5) is 0 Å². The molecule has 2 aromatic carbocycles. The van der Waals surface area contributed by atoms with E-state index in [0.29, 0.717) is 12.6 Å². The number of rotatable bonds is 6. The highest BCUT2D eigenvalue weighted by Gasteiger charge is 2.31. The number of benzene rings is 2. The third-order valence-electron chi connectivity index (χ3n) is 5.04. The van der Waals surface area contributed by atoms with E-state index in [-0.39, 0.29) is 11.9 Å². The van der Waals surface area contributed by atoms with Crippen molar-refractivity contribution in [3.8, 4) is 0 Å². The first kappa shape index (κ1) is 16.0. The van der Waals surface area contributed by atoms with Crippen LogP contribution in [-0.4, -0.2) is 30.4 Å². The second-order valence-electron chi connectivity index (χ2n) is 6.89. The van der Waals surface area contributed by atoms with Crippen molar-refractivity contribution >= 4 is 16.7 Å². The lowest BCUT2D eigenvalue weighted by Crippen LogP contribution is -2.41. The van der Waals surface area contributed by atoms with E-state index in [1.165, 1.54) is 23.6 Å². The van der Waals surface area contributed by atoms with E-state index in [2.05, 4.69) is 47.5 Å². The van der Waals surface area contributed by atoms with Crippen molar-refractivity contribution in [3.05, 3.63) is 48.0 Å². The average Bonchev–Trinajstić information content (AvgIpc) is 3.38. The molecule has 23 heavy (non-hydrogen) atoms. The topological polar surface area (TPSA) is 32.3 Å². The van der Waals surface area contributed by atoms with E-state index >= 15 is 0 Å². The zero-order valence-electron chi connectivity index (χ0n) is 14.3. The Balaban J connectivity index is 1.60. The first-order valence-electron chi connectivity index (χ1n) is 8.53. The summed E-state index contributed by atoms with van der Waals surface area (Å²) >= 11 is 0. The summed E-state index contributed by atoms with van der Waals surface area (Å²) in [5.74, 6) is 0.881. The maximum absolute atomic E-state index is 12.3. The number of nitrogens with one attached hydrogen (secondary N) is 1. The normalized spacial score (nSPS) is 17.2. The summed E-state index contributed by atoms with van der Waals surface area (Å²) in [5, 5.41) is 5.57. The summed E-state index contributed by atoms with van der Waals surface area (Å²) in [4.78, 5) is 14.5. The summed E-state index contributed by atoms with van der Waals surface area (Å²) in [6.45, 7) is 4.74. The molecule has 1 saturated carbocycles. The molecule has 1 fully saturated rings. The lowest BCUT2D eigenvalue weighted by Gasteiger charge is -2.25. The second-order valence-corrected chi connectivity index (χ2v) is 6.89. The first-order valence-corrected chi connectivity index (χ1v) is 8.53. The van der Waals surface area contributed by atoms with Crippen molar-refractivity contribution in [2.75, 3.05) is 13.6 Å². The van der Waals surface area contributed by atoms with Crippen molar-refractivity contribution in [2.24, 2.45) is 5.92 Å². The van der Waals surface area contributed by atoms with Crippen molar-refractivity contribution in [3.63, 3.8) is 0 Å². The number of likely N-dealkylation sites (N-methyl/N-ethyl adjacent to an activating group) is 1. The fourth-order valence-electron chi connectivity index (χ4n) is 3.16. The van der Waals surface area contributed by atoms with E-state index in [1.54, 1.807) is 0 Å². The minimum atomic E-state index is 0.0248. The quantitative estimate of drug-likeness (QED) is 0.881. The van der Waals surface area contributed by atoms with Gasteiger partial charge in [0.1, 0.15) is 0 Å². The number of carbonyl (C=O) groups is 1. The number of nitrogens with zero attached hydrogens (tertiary/aromatic N) is 1. The van der Waals surface area contributed by atoms with Crippen molar-refractivity contribution < 1.29 is 4.79 Å². The molecule has 1 N–H and O–H groups in total. The van der Waals surface area contributed by atoms with Crippen molar-refractivity contribution in [1.29, 1.82) is 0 Å². The van der Waals surface area contributed by atoms with Crippen LogP contribution in [0.25, 0.3) is 10.8 Å². The summed E-state index contributed by atoms with van der Waals surface area (Å²) in [7, 11) is 2.04. The van der Waals surface area contributed by atoms with Crippen LogP contribution in [0, 0.1) is 5.92 Å². The molecule has 2 unspecified atom stereocenters. The molecule has 1 aliphatic rings. The van der Waals surface area contributed by atoms with Crippen LogP contribution >= 0.6 is 0 Å². The highest BCUT2D eigenvalue weighted by molar-refractivity contribution is 5.83. The van der Waals surface area contributed by atoms with Gasteiger partial charge in [-0.2, -0.15) is 0 Å². The summed E-state index contributed by atoms with van der Waals surface area (Å²) < 4.78 is 0. The average molecular weight is 310 g/mol. The Morgan fingerprint density at radius 2 is 1.87 bits per heavy atom. The summed E-state index contributed by atoms with van der Waals surface area (Å²) in [6.07, 6.45) is 2.61. The molecule has 122 valence electrons. The van der Waals surface area contributed by atoms with Crippen molar-refractivity contribution in [2.45, 2.75) is 38.8 Å². The lowest BCUT2D eigenvalue weighted by atomic mass is 10.0. The Bertz CT molecular complexity index is 693. The smallest absolute Gasteiger partial charge is 0.234 e. The maximum atomic E-state index is 12.3. The first-order chi connectivity index (χ1) is 11.0. The molecule has 0 heterocycles. The van der Waals surface area contributed by atoms with Crippen LogP contribution in [0.3, 0.4) is 0 Å². The zero-order chi connectivity index (χ0) is 16.4. The molecule has 3 nitrogen and oxygen atoms in total. The molecule has 0 saturated heterocycles. The van der Waals surface area contributed by atoms with Crippen LogP contribution < -0.4 is 5.32 Å². The van der Waals surface area contributed by atoms with E-state index in [0.717, 1.165) is 11.5 Å². The molecule has 1 amide bonds. The van der Waals surface area contributed by atoms with E-state index in [1.807, 2.05) is 26.1 Å². The number of hydrogen-bond donors (Lipinski definition) is 1. The molecule has 0 radical (unpaired) electrons. The highest BCUT2D eigenvalue weighted by Crippen LogP contribution is 2.34. The molecule has 2 atom stereocenters. The molecular weight excluding hydrogens is 284 g/mol. The van der Waals surface area contributed by atoms with Crippen molar-refractivity contribution in [1.82, 2.24) is 10.2 Å². The summed E-state index contributed by atoms with van der Waals surface area (Å²) in [5.41, 5.74) is 1.15. The number of fused-ring (bicyclic) bond motifs is 1. The monoisotopic (exact) mass is 310 g/mol. The minimum Gasteiger partial charge on any atom is -0.348 e. The Labute approximate surface area is 138 Å². The molecule has 2 aromatic rings. The van der Waals surface area contributed by atoms with Gasteiger partial charge in [-0.3, -0.25) is 9.69 Å². The second kappa shape index (κ2) is 6.71. The molecule has 0 aromatic heterocycles. The molecule has 3 heteroatoms. The van der Waals surface area contributed by atoms with Crippen LogP contribution in [0.2, 0.25) is 0 Å². The van der Waals surface area contributed by atoms with E-state index < -0.39 is 0 Å². The molecule has 0 bridgehead atoms. The van der Waals surface area contributed by atoms with E-state index in [4.69, 9.17) is 0 Å². The van der Waals surface area contributed by atoms with Gasteiger partial charge in [0, 0.05) is 6.04 Å². The Hall–Kier alpha value is -1.87. The van der Waals surface area contributed by atoms with Crippen LogP contribution in [0.5, 0.6) is 0 Å². The van der Waals surface area contributed by atoms with Gasteiger partial charge in [0.05, 0.1) is 12.6 Å². The number of hydrogen-bond acceptors (Lipinski definition) is 2. The van der Waals surface area contributed by atoms with Gasteiger partial charge >= 0.3 is 0 Å². The third kappa shape index (κ3) is 3.91. The molecular formula is C20H26N2O. The predicted octanol–water partition coefficient (Wildman–Crippen LogP) is 3.75. The van der Waals surface area contributed by atoms with Gasteiger partial charge in [-0.15, -0.1) is 0 Å². The van der Waals surface area contributed by atoms with Crippen LogP contribution in [0.1, 0.15) is 38.3 Å². The largest absolute Gasteiger partial charge is 0.348 e. The Morgan fingerprint density at radius 3 is 2.57 bits per heavy atom. The van der Waals surface area contributed by atoms with Gasteiger partial charge in [-0.05, 0) is 62.1 Å². The minimum absolute atomic E-state index is 0.0248. The number of amides is 1. The van der Waals surface area contributed by atoms with Gasteiger partial charge in [-0.25, -0.2) is 0 Å². The SMILES string of the molecule is CC(NC(=O)CN(C)C(C)C1CC1)c1ccc2ccccc2c1. The van der Waals surface area contributed by atoms with Gasteiger partial charge < -0.3 is 5.32 Å². The van der Waals surface area contributed by atoms with E-state index in [9.17, 15) is 4.79 Å². The van der Waals surface area contributed by atoms with Crippen LogP contribution in [0.15, 0.2) is 42.5 Å². The van der Waals surface area contributed by atoms with Gasteiger partial charge in [0.2, 0.25) is 5.91 Å².